The Morgan fingerprint density at radius 1 is 1.12 bits per heavy atom. The zero-order chi connectivity index (χ0) is 18.9. The van der Waals surface area contributed by atoms with Gasteiger partial charge in [-0.1, -0.05) is 38.0 Å². The number of amides is 3. The molecule has 0 aliphatic heterocycles. The number of ether oxygens (including phenoxy) is 2. The van der Waals surface area contributed by atoms with Crippen LogP contribution in [0.1, 0.15) is 38.2 Å². The number of carbonyl (C=O) groups excluding carboxylic acids is 3. The van der Waals surface area contributed by atoms with Crippen LogP contribution in [0.2, 0.25) is 0 Å². The topological polar surface area (TPSA) is 93.7 Å². The summed E-state index contributed by atoms with van der Waals surface area (Å²) in [5.41, 5.74) is 0.895. The maximum atomic E-state index is 11.9. The van der Waals surface area contributed by atoms with Gasteiger partial charge in [-0.2, -0.15) is 0 Å². The van der Waals surface area contributed by atoms with Crippen molar-refractivity contribution in [1.82, 2.24) is 10.6 Å². The molecule has 7 nitrogen and oxygen atoms in total. The van der Waals surface area contributed by atoms with Crippen molar-refractivity contribution >= 4 is 17.9 Å². The van der Waals surface area contributed by atoms with Gasteiger partial charge >= 0.3 is 12.0 Å². The number of urea groups is 1. The molecule has 7 heteroatoms. The number of carbonyl (C=O) groups is 3. The summed E-state index contributed by atoms with van der Waals surface area (Å²) in [6, 6.07) is 6.78. The van der Waals surface area contributed by atoms with Crippen molar-refractivity contribution < 1.29 is 23.9 Å². The molecule has 142 valence electrons. The van der Waals surface area contributed by atoms with Crippen molar-refractivity contribution in [3.05, 3.63) is 29.8 Å². The molecule has 1 aliphatic carbocycles. The molecule has 2 atom stereocenters. The van der Waals surface area contributed by atoms with Gasteiger partial charge in [0.15, 0.2) is 13.2 Å². The van der Waals surface area contributed by atoms with Crippen LogP contribution in [0.25, 0.3) is 0 Å². The quantitative estimate of drug-likeness (QED) is 0.758. The summed E-state index contributed by atoms with van der Waals surface area (Å²) < 4.78 is 10.2. The third-order valence-corrected chi connectivity index (χ3v) is 4.48. The molecule has 0 unspecified atom stereocenters. The van der Waals surface area contributed by atoms with Crippen LogP contribution in [-0.4, -0.2) is 37.2 Å². The average Bonchev–Trinajstić information content (AvgIpc) is 2.61. The lowest BCUT2D eigenvalue weighted by molar-refractivity contribution is -0.150. The molecule has 26 heavy (non-hydrogen) atoms. The van der Waals surface area contributed by atoms with Gasteiger partial charge in [0.25, 0.3) is 5.91 Å². The van der Waals surface area contributed by atoms with E-state index >= 15 is 0 Å². The van der Waals surface area contributed by atoms with Crippen LogP contribution in [-0.2, 0) is 14.3 Å². The number of esters is 1. The molecule has 1 fully saturated rings. The fraction of sp³-hybridized carbons (Fsp3) is 0.526. The van der Waals surface area contributed by atoms with Crippen molar-refractivity contribution in [3.63, 3.8) is 0 Å². The van der Waals surface area contributed by atoms with Gasteiger partial charge in [-0.3, -0.25) is 10.1 Å². The lowest BCUT2D eigenvalue weighted by Gasteiger charge is -2.29. The van der Waals surface area contributed by atoms with E-state index in [0.29, 0.717) is 11.7 Å². The Bertz CT molecular complexity index is 647. The van der Waals surface area contributed by atoms with Gasteiger partial charge < -0.3 is 14.8 Å². The highest BCUT2D eigenvalue weighted by atomic mass is 16.6. The number of hydrogen-bond donors (Lipinski definition) is 2. The Kier molecular flexibility index (Phi) is 7.44. The van der Waals surface area contributed by atoms with E-state index in [2.05, 4.69) is 17.6 Å². The number of hydrogen-bond acceptors (Lipinski definition) is 5. The SMILES string of the molecule is Cc1ccccc1OCC(=O)OCC(=O)NC(=O)N[C@@H]1CCCC[C@@H]1C. The second kappa shape index (κ2) is 9.79. The Hall–Kier alpha value is -2.57. The second-order valence-electron chi connectivity index (χ2n) is 6.60. The van der Waals surface area contributed by atoms with Gasteiger partial charge in [0.1, 0.15) is 5.75 Å². The van der Waals surface area contributed by atoms with Crippen molar-refractivity contribution in [2.75, 3.05) is 13.2 Å². The molecule has 0 aromatic heterocycles. The van der Waals surface area contributed by atoms with E-state index in [1.165, 1.54) is 6.42 Å². The van der Waals surface area contributed by atoms with Crippen molar-refractivity contribution in [2.24, 2.45) is 5.92 Å². The minimum atomic E-state index is -0.676. The first-order valence-electron chi connectivity index (χ1n) is 8.90. The summed E-state index contributed by atoms with van der Waals surface area (Å²) >= 11 is 0. The molecule has 1 aromatic carbocycles. The van der Waals surface area contributed by atoms with Crippen LogP contribution in [0.3, 0.4) is 0 Å². The number of para-hydroxylation sites is 1. The maximum absolute atomic E-state index is 11.9. The molecule has 0 saturated heterocycles. The summed E-state index contributed by atoms with van der Waals surface area (Å²) in [5.74, 6) is -0.379. The summed E-state index contributed by atoms with van der Waals surface area (Å²) in [5, 5.41) is 4.98. The molecule has 1 aliphatic rings. The van der Waals surface area contributed by atoms with Crippen molar-refractivity contribution in [3.8, 4) is 5.75 Å². The minimum Gasteiger partial charge on any atom is -0.482 e. The summed E-state index contributed by atoms with van der Waals surface area (Å²) in [4.78, 5) is 35.2. The molecule has 2 N–H and O–H groups in total. The Morgan fingerprint density at radius 2 is 1.85 bits per heavy atom. The van der Waals surface area contributed by atoms with Crippen LogP contribution in [0, 0.1) is 12.8 Å². The first kappa shape index (κ1) is 19.8. The monoisotopic (exact) mass is 362 g/mol. The molecule has 0 radical (unpaired) electrons. The van der Waals surface area contributed by atoms with Crippen molar-refractivity contribution in [1.29, 1.82) is 0 Å². The van der Waals surface area contributed by atoms with E-state index in [1.807, 2.05) is 19.1 Å². The zero-order valence-electron chi connectivity index (χ0n) is 15.2. The number of aryl methyl sites for hydroxylation is 1. The molecule has 2 rings (SSSR count). The lowest BCUT2D eigenvalue weighted by atomic mass is 9.86. The average molecular weight is 362 g/mol. The van der Waals surface area contributed by atoms with E-state index in [9.17, 15) is 14.4 Å². The highest BCUT2D eigenvalue weighted by Gasteiger charge is 2.23. The molecule has 1 saturated carbocycles. The molecular formula is C19H26N2O5. The normalized spacial score (nSPS) is 19.3. The van der Waals surface area contributed by atoms with Gasteiger partial charge in [0.05, 0.1) is 0 Å². The number of imide groups is 1. The Balaban J connectivity index is 1.65. The maximum Gasteiger partial charge on any atom is 0.344 e. The molecule has 1 aromatic rings. The third-order valence-electron chi connectivity index (χ3n) is 4.48. The van der Waals surface area contributed by atoms with Crippen molar-refractivity contribution in [2.45, 2.75) is 45.6 Å². The summed E-state index contributed by atoms with van der Waals surface area (Å²) in [6.07, 6.45) is 4.22. The van der Waals surface area contributed by atoms with E-state index in [4.69, 9.17) is 9.47 Å². The van der Waals surface area contributed by atoms with Crippen LogP contribution in [0.4, 0.5) is 4.79 Å². The molecule has 0 heterocycles. The molecule has 0 bridgehead atoms. The van der Waals surface area contributed by atoms with Gasteiger partial charge in [0, 0.05) is 6.04 Å². The molecular weight excluding hydrogens is 336 g/mol. The van der Waals surface area contributed by atoms with Gasteiger partial charge in [0.2, 0.25) is 0 Å². The summed E-state index contributed by atoms with van der Waals surface area (Å²) in [6.45, 7) is 3.12. The Morgan fingerprint density at radius 3 is 2.58 bits per heavy atom. The highest BCUT2D eigenvalue weighted by Crippen LogP contribution is 2.23. The van der Waals surface area contributed by atoms with Gasteiger partial charge in [-0.15, -0.1) is 0 Å². The standard InChI is InChI=1S/C19H26N2O5/c1-13-7-3-5-9-15(13)20-19(24)21-17(22)11-26-18(23)12-25-16-10-6-4-8-14(16)2/h4,6,8,10,13,15H,3,5,7,9,11-12H2,1-2H3,(H2,20,21,22,24)/t13-,15+/m0/s1. The first-order chi connectivity index (χ1) is 12.5. The fourth-order valence-corrected chi connectivity index (χ4v) is 2.94. The van der Waals surface area contributed by atoms with Crippen LogP contribution in [0.15, 0.2) is 24.3 Å². The lowest BCUT2D eigenvalue weighted by Crippen LogP contribution is -2.48. The first-order valence-corrected chi connectivity index (χ1v) is 8.90. The molecule has 0 spiro atoms. The zero-order valence-corrected chi connectivity index (χ0v) is 15.2. The smallest absolute Gasteiger partial charge is 0.344 e. The predicted molar refractivity (Wildman–Crippen MR) is 95.7 cm³/mol. The van der Waals surface area contributed by atoms with E-state index in [-0.39, 0.29) is 12.6 Å². The minimum absolute atomic E-state index is 0.0709. The number of nitrogens with one attached hydrogen (secondary N) is 2. The van der Waals surface area contributed by atoms with E-state index < -0.39 is 24.5 Å². The molecule has 3 amide bonds. The fourth-order valence-electron chi connectivity index (χ4n) is 2.94. The highest BCUT2D eigenvalue weighted by molar-refractivity contribution is 5.95. The number of benzene rings is 1. The largest absolute Gasteiger partial charge is 0.482 e. The van der Waals surface area contributed by atoms with E-state index in [0.717, 1.165) is 24.8 Å². The van der Waals surface area contributed by atoms with Crippen LogP contribution >= 0.6 is 0 Å². The van der Waals surface area contributed by atoms with Crippen LogP contribution < -0.4 is 15.4 Å². The second-order valence-corrected chi connectivity index (χ2v) is 6.60. The Labute approximate surface area is 153 Å². The van der Waals surface area contributed by atoms with Gasteiger partial charge in [-0.25, -0.2) is 9.59 Å². The number of rotatable bonds is 6. The summed E-state index contributed by atoms with van der Waals surface area (Å²) in [7, 11) is 0. The predicted octanol–water partition coefficient (Wildman–Crippen LogP) is 2.32. The van der Waals surface area contributed by atoms with Crippen LogP contribution in [0.5, 0.6) is 5.75 Å². The van der Waals surface area contributed by atoms with Gasteiger partial charge in [-0.05, 0) is 37.3 Å². The third kappa shape index (κ3) is 6.38. The van der Waals surface area contributed by atoms with E-state index in [1.54, 1.807) is 12.1 Å².